The molecule has 7 heteroatoms. The van der Waals surface area contributed by atoms with E-state index in [1.807, 2.05) is 0 Å². The van der Waals surface area contributed by atoms with Crippen LogP contribution in [0.4, 0.5) is 13.2 Å². The van der Waals surface area contributed by atoms with Gasteiger partial charge in [0.25, 0.3) is 0 Å². The lowest BCUT2D eigenvalue weighted by molar-refractivity contribution is -0.176. The molecule has 0 aromatic rings. The molecule has 0 radical (unpaired) electrons. The highest BCUT2D eigenvalue weighted by atomic mass is 19.4. The van der Waals surface area contributed by atoms with E-state index in [0.717, 1.165) is 0 Å². The highest BCUT2D eigenvalue weighted by Crippen LogP contribution is 2.14. The van der Waals surface area contributed by atoms with Gasteiger partial charge >= 0.3 is 6.18 Å². The summed E-state index contributed by atoms with van der Waals surface area (Å²) in [4.78, 5) is 0. The number of alkyl halides is 3. The molecule has 1 unspecified atom stereocenters. The van der Waals surface area contributed by atoms with Gasteiger partial charge in [0.1, 0.15) is 6.61 Å². The summed E-state index contributed by atoms with van der Waals surface area (Å²) in [6.07, 6.45) is -4.30. The fourth-order valence-corrected chi connectivity index (χ4v) is 0.662. The number of hydrogen-bond acceptors (Lipinski definition) is 4. The summed E-state index contributed by atoms with van der Waals surface area (Å²) in [5.74, 6) is 5.02. The Morgan fingerprint density at radius 1 is 1.38 bits per heavy atom. The Bertz CT molecular complexity index is 132. The fourth-order valence-electron chi connectivity index (χ4n) is 0.662. The highest BCUT2D eigenvalue weighted by molar-refractivity contribution is 4.60. The number of hydrazine groups is 1. The molecule has 0 aliphatic heterocycles. The van der Waals surface area contributed by atoms with E-state index in [4.69, 9.17) is 5.84 Å². The smallest absolute Gasteiger partial charge is 0.383 e. The summed E-state index contributed by atoms with van der Waals surface area (Å²) in [6, 6.07) is -0.424. The van der Waals surface area contributed by atoms with Crippen molar-refractivity contribution < 1.29 is 22.6 Å². The molecule has 0 aliphatic rings. The summed E-state index contributed by atoms with van der Waals surface area (Å²) in [7, 11) is 1.42. The molecule has 0 aromatic carbocycles. The molecule has 0 spiro atoms. The molecule has 0 saturated carbocycles. The summed E-state index contributed by atoms with van der Waals surface area (Å²) in [5.41, 5.74) is 2.27. The Morgan fingerprint density at radius 3 is 2.38 bits per heavy atom. The first-order valence-corrected chi connectivity index (χ1v) is 3.59. The Kier molecular flexibility index (Phi) is 5.97. The van der Waals surface area contributed by atoms with Crippen LogP contribution in [0, 0.1) is 0 Å². The maximum absolute atomic E-state index is 11.6. The average molecular weight is 202 g/mol. The quantitative estimate of drug-likeness (QED) is 0.472. The first-order valence-electron chi connectivity index (χ1n) is 3.59. The van der Waals surface area contributed by atoms with Crippen molar-refractivity contribution in [2.24, 2.45) is 5.84 Å². The number of ether oxygens (including phenoxy) is 2. The highest BCUT2D eigenvalue weighted by Gasteiger charge is 2.27. The number of halogens is 3. The minimum atomic E-state index is -4.30. The summed E-state index contributed by atoms with van der Waals surface area (Å²) in [6.45, 7) is -1.20. The maximum atomic E-state index is 11.6. The van der Waals surface area contributed by atoms with Crippen LogP contribution in [0.5, 0.6) is 0 Å². The average Bonchev–Trinajstić information content (AvgIpc) is 2.01. The molecule has 0 saturated heterocycles. The van der Waals surface area contributed by atoms with Crippen molar-refractivity contribution in [3.8, 4) is 0 Å². The maximum Gasteiger partial charge on any atom is 0.411 e. The first kappa shape index (κ1) is 12.6. The number of rotatable bonds is 6. The van der Waals surface area contributed by atoms with E-state index in [1.165, 1.54) is 7.11 Å². The van der Waals surface area contributed by atoms with Crippen molar-refractivity contribution in [3.05, 3.63) is 0 Å². The number of methoxy groups -OCH3 is 1. The van der Waals surface area contributed by atoms with Crippen LogP contribution in [0.3, 0.4) is 0 Å². The molecule has 0 aromatic heterocycles. The molecule has 4 nitrogen and oxygen atoms in total. The van der Waals surface area contributed by atoms with Crippen LogP contribution in [0.15, 0.2) is 0 Å². The van der Waals surface area contributed by atoms with Crippen LogP contribution in [-0.2, 0) is 9.47 Å². The molecule has 3 N–H and O–H groups in total. The standard InChI is InChI=1S/C6H13F3N2O2/c1-12-2-5(11-10)3-13-4-6(7,8)9/h5,11H,2-4,10H2,1H3. The van der Waals surface area contributed by atoms with Crippen LogP contribution in [-0.4, -0.2) is 39.1 Å². The van der Waals surface area contributed by atoms with E-state index in [2.05, 4.69) is 14.9 Å². The van der Waals surface area contributed by atoms with Gasteiger partial charge in [0.05, 0.1) is 19.3 Å². The largest absolute Gasteiger partial charge is 0.411 e. The zero-order chi connectivity index (χ0) is 10.3. The zero-order valence-corrected chi connectivity index (χ0v) is 7.23. The molecule has 0 aliphatic carbocycles. The van der Waals surface area contributed by atoms with Gasteiger partial charge < -0.3 is 9.47 Å². The van der Waals surface area contributed by atoms with Gasteiger partial charge in [0, 0.05) is 7.11 Å². The minimum absolute atomic E-state index is 0.135. The van der Waals surface area contributed by atoms with Crippen molar-refractivity contribution in [3.63, 3.8) is 0 Å². The molecule has 13 heavy (non-hydrogen) atoms. The lowest BCUT2D eigenvalue weighted by Crippen LogP contribution is -2.42. The second-order valence-electron chi connectivity index (χ2n) is 2.45. The first-order chi connectivity index (χ1) is 5.99. The van der Waals surface area contributed by atoms with Crippen molar-refractivity contribution in [2.75, 3.05) is 26.9 Å². The lowest BCUT2D eigenvalue weighted by Gasteiger charge is -2.15. The van der Waals surface area contributed by atoms with Gasteiger partial charge in [-0.15, -0.1) is 0 Å². The summed E-state index contributed by atoms with van der Waals surface area (Å²) < 4.78 is 43.8. The third-order valence-corrected chi connectivity index (χ3v) is 1.19. The van der Waals surface area contributed by atoms with Gasteiger partial charge in [-0.1, -0.05) is 0 Å². The molecular formula is C6H13F3N2O2. The Labute approximate surface area is 74.1 Å². The molecule has 80 valence electrons. The predicted molar refractivity (Wildman–Crippen MR) is 39.9 cm³/mol. The summed E-state index contributed by atoms with van der Waals surface area (Å²) >= 11 is 0. The SMILES string of the molecule is COCC(COCC(F)(F)F)NN. The molecule has 1 atom stereocenters. The van der Waals surface area contributed by atoms with Crippen molar-refractivity contribution in [1.82, 2.24) is 5.43 Å². The fraction of sp³-hybridized carbons (Fsp3) is 1.00. The zero-order valence-electron chi connectivity index (χ0n) is 7.23. The van der Waals surface area contributed by atoms with E-state index >= 15 is 0 Å². The van der Waals surface area contributed by atoms with Gasteiger partial charge in [-0.25, -0.2) is 0 Å². The number of nitrogens with two attached hydrogens (primary N) is 1. The van der Waals surface area contributed by atoms with Crippen molar-refractivity contribution in [2.45, 2.75) is 12.2 Å². The minimum Gasteiger partial charge on any atom is -0.383 e. The Morgan fingerprint density at radius 2 is 2.00 bits per heavy atom. The third-order valence-electron chi connectivity index (χ3n) is 1.19. The van der Waals surface area contributed by atoms with Crippen LogP contribution in [0.2, 0.25) is 0 Å². The topological polar surface area (TPSA) is 56.5 Å². The van der Waals surface area contributed by atoms with Gasteiger partial charge in [-0.05, 0) is 0 Å². The van der Waals surface area contributed by atoms with Crippen LogP contribution in [0.25, 0.3) is 0 Å². The van der Waals surface area contributed by atoms with E-state index in [1.54, 1.807) is 0 Å². The van der Waals surface area contributed by atoms with E-state index in [-0.39, 0.29) is 13.2 Å². The second-order valence-corrected chi connectivity index (χ2v) is 2.45. The molecule has 0 rings (SSSR count). The predicted octanol–water partition coefficient (Wildman–Crippen LogP) is 0.0436. The van der Waals surface area contributed by atoms with Crippen molar-refractivity contribution >= 4 is 0 Å². The lowest BCUT2D eigenvalue weighted by atomic mass is 10.3. The molecule has 0 bridgehead atoms. The van der Waals surface area contributed by atoms with Gasteiger partial charge in [0.15, 0.2) is 0 Å². The van der Waals surface area contributed by atoms with E-state index in [9.17, 15) is 13.2 Å². The number of hydrogen-bond donors (Lipinski definition) is 2. The molecule has 0 amide bonds. The normalized spacial score (nSPS) is 14.5. The number of nitrogens with one attached hydrogen (secondary N) is 1. The second kappa shape index (κ2) is 6.14. The van der Waals surface area contributed by atoms with Gasteiger partial charge in [0.2, 0.25) is 0 Å². The molecule has 0 heterocycles. The van der Waals surface area contributed by atoms with Crippen LogP contribution in [0.1, 0.15) is 0 Å². The van der Waals surface area contributed by atoms with E-state index in [0.29, 0.717) is 0 Å². The monoisotopic (exact) mass is 202 g/mol. The Hall–Kier alpha value is -0.370. The molecule has 0 fully saturated rings. The van der Waals surface area contributed by atoms with Crippen LogP contribution < -0.4 is 11.3 Å². The Balaban J connectivity index is 3.49. The van der Waals surface area contributed by atoms with Crippen LogP contribution >= 0.6 is 0 Å². The third kappa shape index (κ3) is 7.97. The van der Waals surface area contributed by atoms with Gasteiger partial charge in [-0.3, -0.25) is 11.3 Å². The molecular weight excluding hydrogens is 189 g/mol. The summed E-state index contributed by atoms with van der Waals surface area (Å²) in [5, 5.41) is 0. The van der Waals surface area contributed by atoms with E-state index < -0.39 is 18.8 Å². The van der Waals surface area contributed by atoms with Gasteiger partial charge in [-0.2, -0.15) is 13.2 Å². The van der Waals surface area contributed by atoms with Crippen molar-refractivity contribution in [1.29, 1.82) is 0 Å².